The Morgan fingerprint density at radius 2 is 1.45 bits per heavy atom. The molecule has 4 aromatic rings. The van der Waals surface area contributed by atoms with Crippen LogP contribution in [0.15, 0.2) is 78.0 Å². The number of methoxy groups -OCH3 is 2. The Bertz CT molecular complexity index is 3040. The Morgan fingerprint density at radius 3 is 2.12 bits per heavy atom. The van der Waals surface area contributed by atoms with E-state index in [9.17, 15) is 19.2 Å². The summed E-state index contributed by atoms with van der Waals surface area (Å²) in [6.45, 7) is 12.3. The maximum absolute atomic E-state index is 14.6. The van der Waals surface area contributed by atoms with Crippen molar-refractivity contribution in [1.29, 1.82) is 0 Å². The SMILES string of the molecule is COC(=O)CC(C(=O)N1CCC[C@H]1C1=CC=C(c2ccc3c(c2)cc2n3C(c3cnc(C4CCCC4)s3)Oc3cc(C4=CC=C([C@@H]5CCCN5C(=O)[C@@H](CC(=O)OC)C(C)C)C4)cc(C)c3-2)C1)C1CCOC(C)(C)C1. The third kappa shape index (κ3) is 9.97. The maximum Gasteiger partial charge on any atom is 0.306 e. The number of hydrogen-bond acceptors (Lipinski definition) is 10. The number of carbonyl (C=O) groups excluding carboxylic acids is 4. The third-order valence-electron chi connectivity index (χ3n) is 17.8. The van der Waals surface area contributed by atoms with Crippen molar-refractivity contribution in [2.24, 2.45) is 23.7 Å². The predicted molar refractivity (Wildman–Crippen MR) is 293 cm³/mol. The zero-order chi connectivity index (χ0) is 52.3. The van der Waals surface area contributed by atoms with Crippen molar-refractivity contribution in [2.45, 2.75) is 154 Å². The fraction of sp³-hybridized carbons (Fsp3) is 0.532. The van der Waals surface area contributed by atoms with Gasteiger partial charge >= 0.3 is 11.9 Å². The molecule has 3 aliphatic carbocycles. The topological polar surface area (TPSA) is 130 Å². The lowest BCUT2D eigenvalue weighted by Gasteiger charge is -2.40. The van der Waals surface area contributed by atoms with Crippen LogP contribution in [0.5, 0.6) is 5.75 Å². The number of rotatable bonds is 14. The average molecular weight is 1040 g/mol. The lowest BCUT2D eigenvalue weighted by atomic mass is 9.77. The number of aryl methyl sites for hydroxylation is 1. The van der Waals surface area contributed by atoms with E-state index in [2.05, 4.69) is 90.9 Å². The monoisotopic (exact) mass is 1030 g/mol. The second kappa shape index (κ2) is 21.0. The molecule has 6 heterocycles. The lowest BCUT2D eigenvalue weighted by Crippen LogP contribution is -2.46. The van der Waals surface area contributed by atoms with Gasteiger partial charge in [0.25, 0.3) is 0 Å². The number of benzene rings is 2. The molecule has 7 aliphatic rings. The Labute approximate surface area is 446 Å². The molecule has 396 valence electrons. The summed E-state index contributed by atoms with van der Waals surface area (Å²) in [6, 6.07) is 13.7. The molecule has 3 unspecified atom stereocenters. The number of likely N-dealkylation sites (tertiary alicyclic amines) is 2. The van der Waals surface area contributed by atoms with Crippen LogP contribution in [-0.2, 0) is 33.4 Å². The second-order valence-corrected chi connectivity index (χ2v) is 24.5. The molecule has 4 aliphatic heterocycles. The molecule has 2 amide bonds. The quantitative estimate of drug-likeness (QED) is 0.113. The number of amides is 2. The van der Waals surface area contributed by atoms with Crippen molar-refractivity contribution >= 4 is 57.1 Å². The van der Waals surface area contributed by atoms with Crippen molar-refractivity contribution in [3.05, 3.63) is 105 Å². The van der Waals surface area contributed by atoms with Gasteiger partial charge in [-0.3, -0.25) is 23.7 Å². The van der Waals surface area contributed by atoms with Crippen molar-refractivity contribution in [1.82, 2.24) is 19.4 Å². The number of thiazole rings is 1. The van der Waals surface area contributed by atoms with E-state index in [0.29, 0.717) is 25.6 Å². The molecule has 12 nitrogen and oxygen atoms in total. The standard InChI is InChI=1S/C62H74N4O8S/c1-36(2)47(32-55(67)71-6)59(69)64-23-10-14-49(64)43-19-17-41(28-43)45-26-37(3)57-52-30-46-29-40(20-21-51(46)66(52)61(74-53(57)31-45)54-35-63-58(75-54)38-12-8-9-13-38)39-16-18-42(27-39)50-15-11-24-65(50)60(70)48(33-56(68)72-7)44-22-25-73-62(4,5)34-44/h16-21,26,29-31,35-36,38,44,47-50,61H,8-15,22-25,27-28,32-34H2,1-7H3/t44?,47-,48?,49-,50-,61?/m0/s1. The minimum Gasteiger partial charge on any atom is -0.469 e. The first-order valence-electron chi connectivity index (χ1n) is 27.8. The minimum absolute atomic E-state index is 0.00160. The molecule has 13 heteroatoms. The van der Waals surface area contributed by atoms with Crippen LogP contribution in [0, 0.1) is 30.6 Å². The van der Waals surface area contributed by atoms with E-state index in [-0.39, 0.29) is 66.1 Å². The van der Waals surface area contributed by atoms with Crippen molar-refractivity contribution < 1.29 is 38.1 Å². The summed E-state index contributed by atoms with van der Waals surface area (Å²) in [5.74, 6) is -0.00575. The largest absolute Gasteiger partial charge is 0.469 e. The van der Waals surface area contributed by atoms with E-state index < -0.39 is 18.1 Å². The molecular weight excluding hydrogens is 961 g/mol. The second-order valence-electron chi connectivity index (χ2n) is 23.4. The highest BCUT2D eigenvalue weighted by molar-refractivity contribution is 7.11. The van der Waals surface area contributed by atoms with E-state index >= 15 is 0 Å². The van der Waals surface area contributed by atoms with E-state index in [1.165, 1.54) is 67.2 Å². The van der Waals surface area contributed by atoms with Crippen LogP contribution in [0.3, 0.4) is 0 Å². The van der Waals surface area contributed by atoms with Gasteiger partial charge in [-0.15, -0.1) is 11.3 Å². The Balaban J connectivity index is 0.857. The number of aromatic nitrogens is 2. The van der Waals surface area contributed by atoms with E-state index in [1.807, 2.05) is 24.9 Å². The molecule has 6 atom stereocenters. The van der Waals surface area contributed by atoms with E-state index in [0.717, 1.165) is 101 Å². The molecule has 0 radical (unpaired) electrons. The number of nitrogens with zero attached hydrogens (tertiary/aromatic N) is 4. The van der Waals surface area contributed by atoms with Crippen LogP contribution in [0.25, 0.3) is 33.3 Å². The van der Waals surface area contributed by atoms with Crippen LogP contribution in [0.1, 0.15) is 156 Å². The molecule has 75 heavy (non-hydrogen) atoms. The number of fused-ring (bicyclic) bond motifs is 5. The maximum atomic E-state index is 14.6. The minimum atomic E-state index is -0.438. The lowest BCUT2D eigenvalue weighted by molar-refractivity contribution is -0.152. The molecule has 1 saturated carbocycles. The summed E-state index contributed by atoms with van der Waals surface area (Å²) < 4.78 is 25.8. The molecule has 4 fully saturated rings. The third-order valence-corrected chi connectivity index (χ3v) is 19.0. The number of carbonyl (C=O) groups is 4. The molecule has 0 N–H and O–H groups in total. The van der Waals surface area contributed by atoms with Gasteiger partial charge in [-0.1, -0.05) is 63.1 Å². The van der Waals surface area contributed by atoms with Crippen LogP contribution in [0.4, 0.5) is 0 Å². The highest BCUT2D eigenvalue weighted by Gasteiger charge is 2.44. The van der Waals surface area contributed by atoms with Crippen LogP contribution in [0.2, 0.25) is 0 Å². The molecule has 3 saturated heterocycles. The highest BCUT2D eigenvalue weighted by Crippen LogP contribution is 2.50. The first-order chi connectivity index (χ1) is 36.2. The fourth-order valence-corrected chi connectivity index (χ4v) is 14.9. The van der Waals surface area contributed by atoms with Gasteiger partial charge in [-0.2, -0.15) is 0 Å². The predicted octanol–water partition coefficient (Wildman–Crippen LogP) is 12.3. The van der Waals surface area contributed by atoms with Crippen LogP contribution >= 0.6 is 11.3 Å². The van der Waals surface area contributed by atoms with Gasteiger partial charge < -0.3 is 28.7 Å². The zero-order valence-corrected chi connectivity index (χ0v) is 45.8. The Hall–Kier alpha value is -5.79. The normalized spacial score (nSPS) is 24.1. The zero-order valence-electron chi connectivity index (χ0n) is 45.0. The highest BCUT2D eigenvalue weighted by atomic mass is 32.1. The van der Waals surface area contributed by atoms with Gasteiger partial charge in [0.1, 0.15) is 5.75 Å². The van der Waals surface area contributed by atoms with Gasteiger partial charge in [-0.05, 0) is 160 Å². The Kier molecular flexibility index (Phi) is 14.4. The average Bonchev–Trinajstić information content (AvgIpc) is 4.32. The summed E-state index contributed by atoms with van der Waals surface area (Å²) in [5.41, 5.74) is 11.3. The van der Waals surface area contributed by atoms with Gasteiger partial charge in [0.05, 0.1) is 77.7 Å². The summed E-state index contributed by atoms with van der Waals surface area (Å²) in [4.78, 5) is 64.0. The van der Waals surface area contributed by atoms with Crippen molar-refractivity contribution in [3.63, 3.8) is 0 Å². The van der Waals surface area contributed by atoms with Gasteiger partial charge in [0, 0.05) is 42.8 Å². The van der Waals surface area contributed by atoms with Crippen LogP contribution < -0.4 is 4.74 Å². The Morgan fingerprint density at radius 1 is 0.787 bits per heavy atom. The summed E-state index contributed by atoms with van der Waals surface area (Å²) >= 11 is 1.79. The number of hydrogen-bond donors (Lipinski definition) is 0. The van der Waals surface area contributed by atoms with Crippen molar-refractivity contribution in [3.8, 4) is 17.0 Å². The first-order valence-corrected chi connectivity index (χ1v) is 28.6. The van der Waals surface area contributed by atoms with Crippen LogP contribution in [-0.4, -0.2) is 94.7 Å². The molecule has 0 bridgehead atoms. The fourth-order valence-electron chi connectivity index (χ4n) is 13.8. The molecule has 0 spiro atoms. The van der Waals surface area contributed by atoms with Gasteiger partial charge in [0.15, 0.2) is 0 Å². The molecular formula is C62H74N4O8S. The molecule has 2 aromatic heterocycles. The van der Waals surface area contributed by atoms with Gasteiger partial charge in [-0.25, -0.2) is 4.98 Å². The summed E-state index contributed by atoms with van der Waals surface area (Å²) in [7, 11) is 2.79. The molecule has 2 aromatic carbocycles. The van der Waals surface area contributed by atoms with E-state index in [4.69, 9.17) is 23.9 Å². The smallest absolute Gasteiger partial charge is 0.306 e. The molecule has 11 rings (SSSR count). The number of ether oxygens (including phenoxy) is 4. The summed E-state index contributed by atoms with van der Waals surface area (Å²) in [5, 5.41) is 2.34. The number of allylic oxidation sites excluding steroid dienone is 6. The first kappa shape index (κ1) is 51.3. The van der Waals surface area contributed by atoms with E-state index in [1.54, 1.807) is 11.3 Å². The van der Waals surface area contributed by atoms with Gasteiger partial charge in [0.2, 0.25) is 18.0 Å². The number of esters is 2. The van der Waals surface area contributed by atoms with Crippen molar-refractivity contribution in [2.75, 3.05) is 33.9 Å². The summed E-state index contributed by atoms with van der Waals surface area (Å²) in [6.07, 6.45) is 22.3.